The molecule has 0 amide bonds. The van der Waals surface area contributed by atoms with Crippen molar-refractivity contribution < 1.29 is 77.7 Å². The molecule has 47 heavy (non-hydrogen) atoms. The highest BCUT2D eigenvalue weighted by atomic mass is 16.7. The lowest BCUT2D eigenvalue weighted by atomic mass is 9.98. The fraction of sp³-hybridized carbons (Fsp3) is 0.567. The van der Waals surface area contributed by atoms with Crippen LogP contribution in [-0.4, -0.2) is 134 Å². The molecule has 6 N–H and O–H groups in total. The molecule has 17 nitrogen and oxygen atoms in total. The lowest BCUT2D eigenvalue weighted by Crippen LogP contribution is -2.61. The zero-order valence-electron chi connectivity index (χ0n) is 26.3. The number of aliphatic hydroxyl groups is 6. The van der Waals surface area contributed by atoms with Crippen LogP contribution in [-0.2, 0) is 14.2 Å². The van der Waals surface area contributed by atoms with Crippen LogP contribution in [0, 0.1) is 0 Å². The van der Waals surface area contributed by atoms with Crippen LogP contribution in [0.25, 0.3) is 21.9 Å². The number of hydrogen-bond acceptors (Lipinski definition) is 17. The van der Waals surface area contributed by atoms with E-state index in [2.05, 4.69) is 0 Å². The molecule has 3 heterocycles. The van der Waals surface area contributed by atoms with Crippen LogP contribution in [0.5, 0.6) is 34.5 Å². The van der Waals surface area contributed by atoms with Gasteiger partial charge in [0.25, 0.3) is 0 Å². The van der Waals surface area contributed by atoms with Gasteiger partial charge in [0.15, 0.2) is 17.6 Å². The average molecular weight is 671 g/mol. The average Bonchev–Trinajstić information content (AvgIpc) is 3.07. The van der Waals surface area contributed by atoms with Crippen LogP contribution < -0.4 is 33.8 Å². The van der Waals surface area contributed by atoms with Gasteiger partial charge in [-0.15, -0.1) is 0 Å². The molecule has 2 saturated heterocycles. The van der Waals surface area contributed by atoms with Crippen molar-refractivity contribution in [3.8, 4) is 34.5 Å². The number of fused-ring (bicyclic) bond motifs is 2. The Labute approximate surface area is 267 Å². The van der Waals surface area contributed by atoms with E-state index in [0.29, 0.717) is 0 Å². The van der Waals surface area contributed by atoms with E-state index < -0.39 is 73.4 Å². The number of rotatable bonds is 10. The van der Waals surface area contributed by atoms with E-state index in [1.807, 2.05) is 0 Å². The molecule has 0 spiro atoms. The molecule has 2 fully saturated rings. The first kappa shape index (κ1) is 34.7. The topological polar surface area (TPSA) is 235 Å². The summed E-state index contributed by atoms with van der Waals surface area (Å²) in [6.07, 6.45) is -15.3. The largest absolute Gasteiger partial charge is 0.496 e. The van der Waals surface area contributed by atoms with Gasteiger partial charge in [0.1, 0.15) is 70.6 Å². The van der Waals surface area contributed by atoms with Crippen LogP contribution in [0.4, 0.5) is 0 Å². The molecule has 0 unspecified atom stereocenters. The second kappa shape index (κ2) is 13.8. The minimum absolute atomic E-state index is 0.0265. The number of ether oxygens (including phenoxy) is 9. The lowest BCUT2D eigenvalue weighted by Gasteiger charge is -2.42. The number of aliphatic hydroxyl groups excluding tert-OH is 6. The third-order valence-corrected chi connectivity index (χ3v) is 8.18. The third-order valence-electron chi connectivity index (χ3n) is 8.18. The first-order chi connectivity index (χ1) is 22.4. The smallest absolute Gasteiger partial charge is 0.229 e. The molecule has 17 heteroatoms. The molecule has 1 aromatic heterocycles. The van der Waals surface area contributed by atoms with Gasteiger partial charge in [-0.2, -0.15) is 0 Å². The summed E-state index contributed by atoms with van der Waals surface area (Å²) in [7, 11) is 6.75. The SMILES string of the molecule is COc1cc(O[C@@H]2O[C@H](CO[C@H]3O[C@@H](C)[C@H](O)[C@@H](O)[C@H]3O)[C@@H](O)[C@H](O)[C@H]2O)c2c(=O)c3c(OC)c(OC)c(OC)c(OC)c3oc2c1. The molecule has 2 aliphatic rings. The zero-order valence-corrected chi connectivity index (χ0v) is 26.3. The zero-order chi connectivity index (χ0) is 34.3. The lowest BCUT2D eigenvalue weighted by molar-refractivity contribution is -0.318. The minimum Gasteiger partial charge on any atom is -0.496 e. The number of methoxy groups -OCH3 is 5. The highest BCUT2D eigenvalue weighted by Crippen LogP contribution is 2.51. The van der Waals surface area contributed by atoms with Gasteiger partial charge in [0.05, 0.1) is 48.3 Å². The maximum Gasteiger partial charge on any atom is 0.229 e. The van der Waals surface area contributed by atoms with Gasteiger partial charge in [-0.1, -0.05) is 0 Å². The molecule has 3 aromatic rings. The van der Waals surface area contributed by atoms with Crippen LogP contribution >= 0.6 is 0 Å². The highest BCUT2D eigenvalue weighted by molar-refractivity contribution is 6.02. The Morgan fingerprint density at radius 2 is 1.26 bits per heavy atom. The Kier molecular flexibility index (Phi) is 10.2. The first-order valence-electron chi connectivity index (χ1n) is 14.4. The Morgan fingerprint density at radius 1 is 0.660 bits per heavy atom. The molecular formula is C30H38O17. The molecular weight excluding hydrogens is 632 g/mol. The summed E-state index contributed by atoms with van der Waals surface area (Å²) < 4.78 is 56.2. The molecule has 2 aromatic carbocycles. The Bertz CT molecular complexity index is 1640. The molecule has 0 radical (unpaired) electrons. The van der Waals surface area contributed by atoms with Crippen molar-refractivity contribution in [2.45, 2.75) is 68.3 Å². The predicted octanol–water partition coefficient (Wildman–Crippen LogP) is -0.980. The second-order valence-corrected chi connectivity index (χ2v) is 10.9. The van der Waals surface area contributed by atoms with Crippen molar-refractivity contribution in [3.63, 3.8) is 0 Å². The summed E-state index contributed by atoms with van der Waals surface area (Å²) >= 11 is 0. The summed E-state index contributed by atoms with van der Waals surface area (Å²) in [6.45, 7) is 0.939. The van der Waals surface area contributed by atoms with Crippen LogP contribution in [0.3, 0.4) is 0 Å². The molecule has 0 saturated carbocycles. The van der Waals surface area contributed by atoms with E-state index in [0.717, 1.165) is 0 Å². The van der Waals surface area contributed by atoms with Gasteiger partial charge in [-0.05, 0) is 6.92 Å². The summed E-state index contributed by atoms with van der Waals surface area (Å²) in [6, 6.07) is 2.75. The van der Waals surface area contributed by atoms with Crippen LogP contribution in [0.2, 0.25) is 0 Å². The van der Waals surface area contributed by atoms with E-state index in [1.165, 1.54) is 54.6 Å². The van der Waals surface area contributed by atoms with E-state index in [-0.39, 0.29) is 56.4 Å². The third kappa shape index (κ3) is 5.98. The molecule has 10 atom stereocenters. The van der Waals surface area contributed by atoms with Gasteiger partial charge in [-0.25, -0.2) is 0 Å². The Balaban J connectivity index is 1.54. The van der Waals surface area contributed by atoms with Crippen LogP contribution in [0.15, 0.2) is 21.3 Å². The standard InChI is InChI=1S/C30H38O17/c1-10-17(31)20(34)22(36)29(44-10)43-9-14-18(32)21(35)23(37)30(47-14)46-13-8-11(38-2)7-12-15(13)19(33)16-24(39-3)26(40-4)28(42-6)27(41-5)25(16)45-12/h7-8,10,14,17-18,20-23,29-32,34-37H,9H2,1-6H3/t10-,14+,17-,18+,20+,21-,22+,23+,29-,30+/m0/s1. The van der Waals surface area contributed by atoms with Crippen LogP contribution in [0.1, 0.15) is 6.92 Å². The van der Waals surface area contributed by atoms with E-state index >= 15 is 0 Å². The van der Waals surface area contributed by atoms with E-state index in [4.69, 9.17) is 47.0 Å². The quantitative estimate of drug-likeness (QED) is 0.142. The minimum atomic E-state index is -1.83. The number of hydrogen-bond donors (Lipinski definition) is 6. The molecule has 5 rings (SSSR count). The highest BCUT2D eigenvalue weighted by Gasteiger charge is 2.47. The monoisotopic (exact) mass is 670 g/mol. The Hall–Kier alpha value is -3.65. The van der Waals surface area contributed by atoms with E-state index in [9.17, 15) is 35.4 Å². The molecule has 0 aliphatic carbocycles. The van der Waals surface area contributed by atoms with Crippen molar-refractivity contribution in [1.82, 2.24) is 0 Å². The van der Waals surface area contributed by atoms with Gasteiger partial charge in [0, 0.05) is 12.1 Å². The van der Waals surface area contributed by atoms with E-state index in [1.54, 1.807) is 0 Å². The van der Waals surface area contributed by atoms with Crippen molar-refractivity contribution in [1.29, 1.82) is 0 Å². The van der Waals surface area contributed by atoms with Gasteiger partial charge in [0.2, 0.25) is 29.0 Å². The second-order valence-electron chi connectivity index (χ2n) is 10.9. The van der Waals surface area contributed by atoms with Crippen molar-refractivity contribution in [2.24, 2.45) is 0 Å². The maximum atomic E-state index is 14.2. The van der Waals surface area contributed by atoms with Crippen molar-refractivity contribution in [3.05, 3.63) is 22.4 Å². The summed E-state index contributed by atoms with van der Waals surface area (Å²) in [5.41, 5.74) is -0.741. The normalized spacial score (nSPS) is 31.1. The number of benzene rings is 2. The Morgan fingerprint density at radius 3 is 1.87 bits per heavy atom. The molecule has 2 aliphatic heterocycles. The van der Waals surface area contributed by atoms with Gasteiger partial charge >= 0.3 is 0 Å². The maximum absolute atomic E-state index is 14.2. The summed E-state index contributed by atoms with van der Waals surface area (Å²) in [5.74, 6) is 0.143. The molecule has 0 bridgehead atoms. The fourth-order valence-electron chi connectivity index (χ4n) is 5.63. The molecule has 260 valence electrons. The van der Waals surface area contributed by atoms with Crippen molar-refractivity contribution in [2.75, 3.05) is 42.2 Å². The summed E-state index contributed by atoms with van der Waals surface area (Å²) in [4.78, 5) is 14.2. The van der Waals surface area contributed by atoms with Gasteiger partial charge < -0.3 is 77.7 Å². The van der Waals surface area contributed by atoms with Gasteiger partial charge in [-0.3, -0.25) is 4.79 Å². The van der Waals surface area contributed by atoms with Crippen molar-refractivity contribution >= 4 is 21.9 Å². The fourth-order valence-corrected chi connectivity index (χ4v) is 5.63. The summed E-state index contributed by atoms with van der Waals surface area (Å²) in [5, 5.41) is 62.2. The predicted molar refractivity (Wildman–Crippen MR) is 158 cm³/mol. The first-order valence-corrected chi connectivity index (χ1v) is 14.4.